The van der Waals surface area contributed by atoms with Gasteiger partial charge in [0.1, 0.15) is 6.23 Å². The molecule has 3 rings (SSSR count). The first-order valence-electron chi connectivity index (χ1n) is 7.95. The lowest BCUT2D eigenvalue weighted by atomic mass is 9.79. The first-order chi connectivity index (χ1) is 10.8. The van der Waals surface area contributed by atoms with Crippen LogP contribution in [0.5, 0.6) is 0 Å². The Morgan fingerprint density at radius 3 is 2.59 bits per heavy atom. The molecule has 1 aromatic rings. The van der Waals surface area contributed by atoms with Crippen molar-refractivity contribution in [3.8, 4) is 0 Å². The topological polar surface area (TPSA) is 29.5 Å². The van der Waals surface area contributed by atoms with Crippen LogP contribution in [0.15, 0.2) is 55.6 Å². The van der Waals surface area contributed by atoms with Crippen LogP contribution in [-0.2, 0) is 9.53 Å². The number of hydrogen-bond donors (Lipinski definition) is 0. The Hall–Kier alpha value is -1.87. The number of benzene rings is 1. The minimum Gasteiger partial charge on any atom is -0.355 e. The van der Waals surface area contributed by atoms with Gasteiger partial charge < -0.3 is 9.64 Å². The Balaban J connectivity index is 1.88. The molecular formula is C19H23NO2. The number of hydrogen-bond acceptors (Lipinski definition) is 2. The lowest BCUT2D eigenvalue weighted by molar-refractivity contribution is -0.152. The van der Waals surface area contributed by atoms with E-state index in [0.717, 1.165) is 18.4 Å². The summed E-state index contributed by atoms with van der Waals surface area (Å²) in [6.45, 7) is 8.28. The van der Waals surface area contributed by atoms with Crippen molar-refractivity contribution in [2.24, 2.45) is 11.8 Å². The van der Waals surface area contributed by atoms with Crippen LogP contribution in [0.3, 0.4) is 0 Å². The third kappa shape index (κ3) is 2.61. The fraction of sp³-hybridized carbons (Fsp3) is 0.421. The Morgan fingerprint density at radius 1 is 1.18 bits per heavy atom. The minimum absolute atomic E-state index is 0.0377. The second-order valence-electron chi connectivity index (χ2n) is 6.13. The molecule has 0 bridgehead atoms. The van der Waals surface area contributed by atoms with Gasteiger partial charge in [-0.25, -0.2) is 0 Å². The van der Waals surface area contributed by atoms with Gasteiger partial charge in [0.15, 0.2) is 0 Å². The molecule has 0 unspecified atom stereocenters. The Morgan fingerprint density at radius 2 is 1.91 bits per heavy atom. The number of carbonyl (C=O) groups is 1. The highest BCUT2D eigenvalue weighted by molar-refractivity contribution is 5.78. The van der Waals surface area contributed by atoms with Gasteiger partial charge in [-0.1, -0.05) is 42.5 Å². The van der Waals surface area contributed by atoms with Crippen LogP contribution >= 0.6 is 0 Å². The average molecular weight is 297 g/mol. The zero-order valence-electron chi connectivity index (χ0n) is 12.9. The maximum Gasteiger partial charge on any atom is 0.225 e. The largest absolute Gasteiger partial charge is 0.355 e. The van der Waals surface area contributed by atoms with E-state index in [2.05, 4.69) is 25.3 Å². The molecule has 116 valence electrons. The van der Waals surface area contributed by atoms with Crippen LogP contribution < -0.4 is 0 Å². The molecular weight excluding hydrogens is 274 g/mol. The molecule has 1 amide bonds. The van der Waals surface area contributed by atoms with Crippen molar-refractivity contribution in [3.63, 3.8) is 0 Å². The van der Waals surface area contributed by atoms with Crippen LogP contribution in [-0.4, -0.2) is 23.6 Å². The summed E-state index contributed by atoms with van der Waals surface area (Å²) in [6, 6.07) is 10.2. The van der Waals surface area contributed by atoms with E-state index in [1.165, 1.54) is 0 Å². The van der Waals surface area contributed by atoms with E-state index < -0.39 is 0 Å². The van der Waals surface area contributed by atoms with Gasteiger partial charge in [0.25, 0.3) is 0 Å². The summed E-state index contributed by atoms with van der Waals surface area (Å²) in [5, 5.41) is 0. The molecule has 1 aromatic carbocycles. The Kier molecular flexibility index (Phi) is 4.44. The Bertz CT molecular complexity index is 554. The van der Waals surface area contributed by atoms with Crippen LogP contribution in [0.25, 0.3) is 0 Å². The first kappa shape index (κ1) is 15.0. The van der Waals surface area contributed by atoms with E-state index in [0.29, 0.717) is 24.9 Å². The van der Waals surface area contributed by atoms with Crippen molar-refractivity contribution in [2.75, 3.05) is 6.61 Å². The second-order valence-corrected chi connectivity index (χ2v) is 6.13. The molecule has 3 nitrogen and oxygen atoms in total. The van der Waals surface area contributed by atoms with Crippen LogP contribution in [0.2, 0.25) is 0 Å². The number of ether oxygens (including phenoxy) is 1. The molecule has 2 saturated heterocycles. The SMILES string of the molecule is C=CC[C@H]1CC(=O)N2[C@H](OC[C@H]2c2ccccc2)[C@H]1CC=C. The smallest absolute Gasteiger partial charge is 0.225 e. The molecule has 22 heavy (non-hydrogen) atoms. The van der Waals surface area contributed by atoms with E-state index in [9.17, 15) is 4.79 Å². The number of fused-ring (bicyclic) bond motifs is 1. The summed E-state index contributed by atoms with van der Waals surface area (Å²) in [5.41, 5.74) is 1.15. The van der Waals surface area contributed by atoms with Gasteiger partial charge in [-0.15, -0.1) is 13.2 Å². The minimum atomic E-state index is -0.130. The summed E-state index contributed by atoms with van der Waals surface area (Å²) >= 11 is 0. The molecule has 0 aliphatic carbocycles. The predicted octanol–water partition coefficient (Wildman–Crippen LogP) is 3.70. The summed E-state index contributed by atoms with van der Waals surface area (Å²) in [4.78, 5) is 14.6. The number of rotatable bonds is 5. The molecule has 0 aromatic heterocycles. The number of carbonyl (C=O) groups excluding carboxylic acids is 1. The molecule has 3 heteroatoms. The highest BCUT2D eigenvalue weighted by atomic mass is 16.5. The second kappa shape index (κ2) is 6.49. The fourth-order valence-corrected chi connectivity index (χ4v) is 3.79. The molecule has 4 atom stereocenters. The van der Waals surface area contributed by atoms with Crippen molar-refractivity contribution in [1.82, 2.24) is 4.90 Å². The van der Waals surface area contributed by atoms with Crippen molar-refractivity contribution >= 4 is 5.91 Å². The number of piperidine rings is 1. The highest BCUT2D eigenvalue weighted by Gasteiger charge is 2.48. The number of allylic oxidation sites excluding steroid dienone is 2. The van der Waals surface area contributed by atoms with Gasteiger partial charge in [-0.05, 0) is 24.3 Å². The lowest BCUT2D eigenvalue weighted by Gasteiger charge is -2.42. The molecule has 2 fully saturated rings. The van der Waals surface area contributed by atoms with Crippen LogP contribution in [0, 0.1) is 11.8 Å². The van der Waals surface area contributed by atoms with E-state index >= 15 is 0 Å². The monoisotopic (exact) mass is 297 g/mol. The van der Waals surface area contributed by atoms with Crippen molar-refractivity contribution in [1.29, 1.82) is 0 Å². The summed E-state index contributed by atoms with van der Waals surface area (Å²) in [6.07, 6.45) is 6.02. The van der Waals surface area contributed by atoms with Gasteiger partial charge in [0.2, 0.25) is 5.91 Å². The predicted molar refractivity (Wildman–Crippen MR) is 87.0 cm³/mol. The summed E-state index contributed by atoms with van der Waals surface area (Å²) in [7, 11) is 0. The summed E-state index contributed by atoms with van der Waals surface area (Å²) < 4.78 is 6.06. The van der Waals surface area contributed by atoms with E-state index in [4.69, 9.17) is 4.74 Å². The van der Waals surface area contributed by atoms with Gasteiger partial charge in [0, 0.05) is 12.3 Å². The van der Waals surface area contributed by atoms with Gasteiger partial charge in [0.05, 0.1) is 12.6 Å². The molecule has 2 heterocycles. The van der Waals surface area contributed by atoms with Crippen molar-refractivity contribution in [2.45, 2.75) is 31.5 Å². The van der Waals surface area contributed by atoms with E-state index in [1.54, 1.807) is 0 Å². The normalized spacial score (nSPS) is 30.9. The molecule has 0 spiro atoms. The first-order valence-corrected chi connectivity index (χ1v) is 7.95. The number of amides is 1. The Labute approximate surface area is 132 Å². The molecule has 0 N–H and O–H groups in total. The average Bonchev–Trinajstić information content (AvgIpc) is 2.98. The third-order valence-corrected chi connectivity index (χ3v) is 4.82. The number of nitrogens with zero attached hydrogens (tertiary/aromatic N) is 1. The zero-order valence-corrected chi connectivity index (χ0v) is 12.9. The van der Waals surface area contributed by atoms with E-state index in [1.807, 2.05) is 35.3 Å². The van der Waals surface area contributed by atoms with Gasteiger partial charge >= 0.3 is 0 Å². The van der Waals surface area contributed by atoms with Crippen molar-refractivity contribution < 1.29 is 9.53 Å². The standard InChI is InChI=1S/C19H23NO2/c1-3-8-15-12-18(21)20-17(14-10-6-5-7-11-14)13-22-19(20)16(15)9-4-2/h3-7,10-11,15-17,19H,1-2,8-9,12-13H2/t15-,16-,17-,19+/m0/s1. The van der Waals surface area contributed by atoms with Gasteiger partial charge in [-0.3, -0.25) is 4.79 Å². The third-order valence-electron chi connectivity index (χ3n) is 4.82. The van der Waals surface area contributed by atoms with E-state index in [-0.39, 0.29) is 18.2 Å². The van der Waals surface area contributed by atoms with Crippen molar-refractivity contribution in [3.05, 3.63) is 61.2 Å². The quantitative estimate of drug-likeness (QED) is 0.776. The molecule has 2 aliphatic heterocycles. The fourth-order valence-electron chi connectivity index (χ4n) is 3.79. The maximum absolute atomic E-state index is 12.7. The highest BCUT2D eigenvalue weighted by Crippen LogP contribution is 2.43. The zero-order chi connectivity index (χ0) is 15.5. The molecule has 0 saturated carbocycles. The maximum atomic E-state index is 12.7. The molecule has 0 radical (unpaired) electrons. The van der Waals surface area contributed by atoms with Gasteiger partial charge in [-0.2, -0.15) is 0 Å². The summed E-state index contributed by atoms with van der Waals surface area (Å²) in [5.74, 6) is 0.809. The van der Waals surface area contributed by atoms with Crippen LogP contribution in [0.1, 0.15) is 30.9 Å². The molecule has 2 aliphatic rings. The van der Waals surface area contributed by atoms with Crippen LogP contribution in [0.4, 0.5) is 0 Å². The lowest BCUT2D eigenvalue weighted by Crippen LogP contribution is -2.49.